The van der Waals surface area contributed by atoms with E-state index in [0.29, 0.717) is 27.9 Å². The summed E-state index contributed by atoms with van der Waals surface area (Å²) in [4.78, 5) is 41.1. The summed E-state index contributed by atoms with van der Waals surface area (Å²) in [7, 11) is 0. The smallest absolute Gasteiger partial charge is 0.345 e. The van der Waals surface area contributed by atoms with Crippen LogP contribution in [0.2, 0.25) is 0 Å². The first-order chi connectivity index (χ1) is 15.0. The van der Waals surface area contributed by atoms with Gasteiger partial charge in [-0.05, 0) is 30.9 Å². The minimum absolute atomic E-state index is 0.0833. The molecule has 4 rings (SSSR count). The molecule has 1 aromatic carbocycles. The van der Waals surface area contributed by atoms with Crippen molar-refractivity contribution in [2.45, 2.75) is 51.5 Å². The van der Waals surface area contributed by atoms with Crippen molar-refractivity contribution in [3.63, 3.8) is 0 Å². The van der Waals surface area contributed by atoms with Crippen LogP contribution >= 0.6 is 11.3 Å². The molecule has 8 heteroatoms. The van der Waals surface area contributed by atoms with E-state index in [9.17, 15) is 14.4 Å². The number of thiazole rings is 1. The van der Waals surface area contributed by atoms with Crippen LogP contribution in [0.1, 0.15) is 45.4 Å². The van der Waals surface area contributed by atoms with Crippen LogP contribution in [0, 0.1) is 5.92 Å². The van der Waals surface area contributed by atoms with Gasteiger partial charge < -0.3 is 15.1 Å². The van der Waals surface area contributed by atoms with Crippen molar-refractivity contribution >= 4 is 39.3 Å². The Kier molecular flexibility index (Phi) is 6.46. The summed E-state index contributed by atoms with van der Waals surface area (Å²) in [6.45, 7) is 2.16. The third kappa shape index (κ3) is 5.19. The molecule has 0 radical (unpaired) electrons. The van der Waals surface area contributed by atoms with E-state index in [-0.39, 0.29) is 30.7 Å². The molecule has 2 aromatic heterocycles. The molecule has 2 heterocycles. The average Bonchev–Trinajstić information content (AvgIpc) is 3.21. The highest BCUT2D eigenvalue weighted by Crippen LogP contribution is 2.26. The van der Waals surface area contributed by atoms with Crippen molar-refractivity contribution in [2.75, 3.05) is 5.32 Å². The molecule has 0 bridgehead atoms. The van der Waals surface area contributed by atoms with Gasteiger partial charge >= 0.3 is 5.63 Å². The molecule has 3 aromatic rings. The molecule has 1 saturated carbocycles. The molecular formula is C23H25N3O4S. The fourth-order valence-electron chi connectivity index (χ4n) is 3.91. The number of aromatic nitrogens is 1. The molecule has 1 aliphatic rings. The number of anilines is 1. The van der Waals surface area contributed by atoms with Crippen molar-refractivity contribution in [1.82, 2.24) is 10.3 Å². The summed E-state index contributed by atoms with van der Waals surface area (Å²) >= 11 is 1.23. The third-order valence-electron chi connectivity index (χ3n) is 5.70. The molecule has 162 valence electrons. The quantitative estimate of drug-likeness (QED) is 0.557. The Morgan fingerprint density at radius 1 is 1.16 bits per heavy atom. The summed E-state index contributed by atoms with van der Waals surface area (Å²) in [6, 6.07) is 9.20. The van der Waals surface area contributed by atoms with E-state index in [4.69, 9.17) is 4.42 Å². The average molecular weight is 440 g/mol. The number of carbonyl (C=O) groups excluding carboxylic acids is 2. The van der Waals surface area contributed by atoms with Crippen LogP contribution in [0.15, 0.2) is 44.9 Å². The molecule has 0 spiro atoms. The molecule has 7 nitrogen and oxygen atoms in total. The van der Waals surface area contributed by atoms with Gasteiger partial charge in [0.1, 0.15) is 5.58 Å². The Morgan fingerprint density at radius 3 is 2.77 bits per heavy atom. The van der Waals surface area contributed by atoms with E-state index in [1.807, 2.05) is 12.1 Å². The molecule has 1 aliphatic carbocycles. The van der Waals surface area contributed by atoms with E-state index >= 15 is 0 Å². The number of hydrogen-bond acceptors (Lipinski definition) is 6. The second-order valence-electron chi connectivity index (χ2n) is 8.01. The Balaban J connectivity index is 1.33. The van der Waals surface area contributed by atoms with Crippen molar-refractivity contribution < 1.29 is 14.0 Å². The Hall–Kier alpha value is -3.00. The second-order valence-corrected chi connectivity index (χ2v) is 8.87. The first-order valence-corrected chi connectivity index (χ1v) is 11.5. The number of fused-ring (bicyclic) bond motifs is 1. The maximum Gasteiger partial charge on any atom is 0.345 e. The Labute approximate surface area is 183 Å². The fourth-order valence-corrected chi connectivity index (χ4v) is 4.64. The molecule has 0 aliphatic heterocycles. The zero-order valence-electron chi connectivity index (χ0n) is 17.3. The summed E-state index contributed by atoms with van der Waals surface area (Å²) in [5.74, 6) is 0.105. The van der Waals surface area contributed by atoms with E-state index in [0.717, 1.165) is 24.6 Å². The number of nitrogens with zero attached hydrogens (tertiary/aromatic N) is 1. The van der Waals surface area contributed by atoms with Crippen molar-refractivity contribution in [1.29, 1.82) is 0 Å². The fraction of sp³-hybridized carbons (Fsp3) is 0.391. The highest BCUT2D eigenvalue weighted by atomic mass is 32.1. The molecule has 2 amide bonds. The van der Waals surface area contributed by atoms with Gasteiger partial charge in [0.25, 0.3) is 0 Å². The van der Waals surface area contributed by atoms with Crippen LogP contribution in [-0.4, -0.2) is 22.8 Å². The first-order valence-electron chi connectivity index (χ1n) is 10.6. The van der Waals surface area contributed by atoms with Crippen molar-refractivity contribution in [3.8, 4) is 11.3 Å². The lowest BCUT2D eigenvalue weighted by Gasteiger charge is -2.29. The van der Waals surface area contributed by atoms with Crippen LogP contribution in [0.4, 0.5) is 5.13 Å². The topological polar surface area (TPSA) is 101 Å². The van der Waals surface area contributed by atoms with Crippen molar-refractivity contribution in [3.05, 3.63) is 46.1 Å². The minimum atomic E-state index is -0.476. The van der Waals surface area contributed by atoms with Gasteiger partial charge in [-0.15, -0.1) is 11.3 Å². The molecule has 1 fully saturated rings. The van der Waals surface area contributed by atoms with Crippen LogP contribution in [0.5, 0.6) is 0 Å². The Morgan fingerprint density at radius 2 is 1.94 bits per heavy atom. The van der Waals surface area contributed by atoms with E-state index in [1.165, 1.54) is 17.8 Å². The normalized spacial score (nSPS) is 18.6. The largest absolute Gasteiger partial charge is 0.422 e. The van der Waals surface area contributed by atoms with Gasteiger partial charge in [-0.1, -0.05) is 38.0 Å². The summed E-state index contributed by atoms with van der Waals surface area (Å²) in [5, 5.41) is 8.65. The van der Waals surface area contributed by atoms with Gasteiger partial charge in [0.15, 0.2) is 5.13 Å². The molecular weight excluding hydrogens is 414 g/mol. The van der Waals surface area contributed by atoms with Crippen molar-refractivity contribution in [2.24, 2.45) is 5.92 Å². The first kappa shape index (κ1) is 21.2. The lowest BCUT2D eigenvalue weighted by molar-refractivity contribution is -0.125. The highest BCUT2D eigenvalue weighted by Gasteiger charge is 2.23. The predicted molar refractivity (Wildman–Crippen MR) is 121 cm³/mol. The van der Waals surface area contributed by atoms with E-state index in [1.54, 1.807) is 23.6 Å². The predicted octanol–water partition coefficient (Wildman–Crippen LogP) is 4.33. The van der Waals surface area contributed by atoms with Gasteiger partial charge in [-0.2, -0.15) is 0 Å². The van der Waals surface area contributed by atoms with E-state index < -0.39 is 5.63 Å². The number of amides is 2. The van der Waals surface area contributed by atoms with Crippen LogP contribution in [0.25, 0.3) is 22.2 Å². The summed E-state index contributed by atoms with van der Waals surface area (Å²) < 4.78 is 5.35. The maximum absolute atomic E-state index is 12.3. The van der Waals surface area contributed by atoms with Crippen LogP contribution in [0.3, 0.4) is 0 Å². The number of benzene rings is 1. The standard InChI is InChI=1S/C23H25N3O4S/c1-14-6-2-4-8-17(14)24-20(27)10-11-21(28)26-23-25-18(13-31-23)16-12-15-7-3-5-9-19(15)30-22(16)29/h3,5,7,9,12-14,17H,2,4,6,8,10-11H2,1H3,(H,24,27)(H,25,26,28)/t14-,17+/m1/s1. The van der Waals surface area contributed by atoms with Gasteiger partial charge in [-0.3, -0.25) is 9.59 Å². The third-order valence-corrected chi connectivity index (χ3v) is 6.46. The number of para-hydroxylation sites is 1. The molecule has 31 heavy (non-hydrogen) atoms. The molecule has 0 unspecified atom stereocenters. The molecule has 2 N–H and O–H groups in total. The van der Waals surface area contributed by atoms with Gasteiger partial charge in [-0.25, -0.2) is 9.78 Å². The zero-order valence-corrected chi connectivity index (χ0v) is 18.2. The second kappa shape index (κ2) is 9.43. The molecule has 0 saturated heterocycles. The maximum atomic E-state index is 12.3. The summed E-state index contributed by atoms with van der Waals surface area (Å²) in [5.41, 5.74) is 0.830. The van der Waals surface area contributed by atoms with Crippen LogP contribution in [-0.2, 0) is 9.59 Å². The van der Waals surface area contributed by atoms with Crippen LogP contribution < -0.4 is 16.3 Å². The van der Waals surface area contributed by atoms with Gasteiger partial charge in [0, 0.05) is 29.6 Å². The number of carbonyl (C=O) groups is 2. The Bertz CT molecular complexity index is 1150. The van der Waals surface area contributed by atoms with E-state index in [2.05, 4.69) is 22.5 Å². The number of hydrogen-bond donors (Lipinski definition) is 2. The molecule has 2 atom stereocenters. The van der Waals surface area contributed by atoms with Gasteiger partial charge in [0.2, 0.25) is 11.8 Å². The summed E-state index contributed by atoms with van der Waals surface area (Å²) in [6.07, 6.45) is 4.71. The lowest BCUT2D eigenvalue weighted by atomic mass is 9.86. The highest BCUT2D eigenvalue weighted by molar-refractivity contribution is 7.14. The number of nitrogens with one attached hydrogen (secondary N) is 2. The monoisotopic (exact) mass is 439 g/mol. The number of rotatable bonds is 6. The lowest BCUT2D eigenvalue weighted by Crippen LogP contribution is -2.41. The minimum Gasteiger partial charge on any atom is -0.422 e. The SMILES string of the molecule is C[C@@H]1CCCC[C@@H]1NC(=O)CCC(=O)Nc1nc(-c2cc3ccccc3oc2=O)cs1. The zero-order chi connectivity index (χ0) is 21.8. The van der Waals surface area contributed by atoms with Gasteiger partial charge in [0.05, 0.1) is 11.3 Å².